The van der Waals surface area contributed by atoms with E-state index in [1.807, 2.05) is 12.3 Å². The molecule has 7 heteroatoms. The number of hydrogen-bond acceptors (Lipinski definition) is 6. The molecular weight excluding hydrogens is 290 g/mol. The van der Waals surface area contributed by atoms with Gasteiger partial charge >= 0.3 is 0 Å². The van der Waals surface area contributed by atoms with Gasteiger partial charge in [-0.3, -0.25) is 4.79 Å². The van der Waals surface area contributed by atoms with E-state index < -0.39 is 0 Å². The molecule has 6 nitrogen and oxygen atoms in total. The number of anilines is 1. The van der Waals surface area contributed by atoms with Gasteiger partial charge in [-0.2, -0.15) is 0 Å². The quantitative estimate of drug-likeness (QED) is 0.847. The van der Waals surface area contributed by atoms with E-state index in [0.717, 1.165) is 11.4 Å². The summed E-state index contributed by atoms with van der Waals surface area (Å²) in [5, 5.41) is 5.72. The molecule has 0 radical (unpaired) electrons. The summed E-state index contributed by atoms with van der Waals surface area (Å²) in [4.78, 5) is 16.7. The zero-order chi connectivity index (χ0) is 14.8. The Labute approximate surface area is 125 Å². The summed E-state index contributed by atoms with van der Waals surface area (Å²) in [6.45, 7) is 2.14. The summed E-state index contributed by atoms with van der Waals surface area (Å²) in [5.41, 5.74) is 6.67. The Bertz CT molecular complexity index is 658. The summed E-state index contributed by atoms with van der Waals surface area (Å²) in [6, 6.07) is 3.10. The van der Waals surface area contributed by atoms with Crippen molar-refractivity contribution >= 4 is 22.9 Å². The molecule has 110 valence electrons. The maximum absolute atomic E-state index is 12.4. The average Bonchev–Trinajstić information content (AvgIpc) is 3.14. The van der Waals surface area contributed by atoms with Gasteiger partial charge < -0.3 is 20.5 Å². The third kappa shape index (κ3) is 2.64. The lowest BCUT2D eigenvalue weighted by atomic mass is 10.1. The van der Waals surface area contributed by atoms with Gasteiger partial charge in [0.2, 0.25) is 6.79 Å². The third-order valence-electron chi connectivity index (χ3n) is 3.25. The predicted octanol–water partition coefficient (Wildman–Crippen LogP) is 2.34. The van der Waals surface area contributed by atoms with Crippen molar-refractivity contribution in [3.05, 3.63) is 34.3 Å². The number of nitrogens with zero attached hydrogens (tertiary/aromatic N) is 1. The maximum Gasteiger partial charge on any atom is 0.254 e. The van der Waals surface area contributed by atoms with E-state index in [-0.39, 0.29) is 18.7 Å². The number of rotatable bonds is 4. The van der Waals surface area contributed by atoms with Crippen LogP contribution in [0.5, 0.6) is 11.5 Å². The van der Waals surface area contributed by atoms with Gasteiger partial charge in [0.05, 0.1) is 11.6 Å². The molecule has 0 fully saturated rings. The summed E-state index contributed by atoms with van der Waals surface area (Å²) in [6.07, 6.45) is 2.48. The number of fused-ring (bicyclic) bond motifs is 1. The molecular formula is C14H15N3O3S. The molecule has 0 saturated carbocycles. The monoisotopic (exact) mass is 305 g/mol. The smallest absolute Gasteiger partial charge is 0.254 e. The van der Waals surface area contributed by atoms with Crippen LogP contribution >= 0.6 is 11.3 Å². The first-order chi connectivity index (χ1) is 10.2. The molecule has 1 aromatic carbocycles. The molecule has 0 aliphatic carbocycles. The van der Waals surface area contributed by atoms with E-state index in [1.165, 1.54) is 11.3 Å². The Kier molecular flexibility index (Phi) is 3.66. The van der Waals surface area contributed by atoms with Crippen molar-refractivity contribution in [3.8, 4) is 11.5 Å². The first kappa shape index (κ1) is 13.7. The van der Waals surface area contributed by atoms with Crippen LogP contribution in [0.3, 0.4) is 0 Å². The van der Waals surface area contributed by atoms with E-state index in [0.29, 0.717) is 22.7 Å². The van der Waals surface area contributed by atoms with Crippen molar-refractivity contribution in [3.63, 3.8) is 0 Å². The number of thiazole rings is 1. The lowest BCUT2D eigenvalue weighted by Crippen LogP contribution is -2.28. The second kappa shape index (κ2) is 5.61. The molecule has 2 aromatic rings. The number of nitrogen functional groups attached to an aromatic ring is 1. The first-order valence-corrected chi connectivity index (χ1v) is 7.46. The van der Waals surface area contributed by atoms with Crippen LogP contribution in [0.4, 0.5) is 5.69 Å². The fourth-order valence-corrected chi connectivity index (χ4v) is 2.91. The number of benzene rings is 1. The van der Waals surface area contributed by atoms with Crippen LogP contribution in [0, 0.1) is 0 Å². The standard InChI is InChI=1S/C14H15N3O3S/c1-2-10(14-16-3-4-21-14)17-13(18)8-5-11-12(6-9(8)15)20-7-19-11/h3-6,10H,2,7,15H2,1H3,(H,17,18). The van der Waals surface area contributed by atoms with Crippen LogP contribution in [0.15, 0.2) is 23.7 Å². The topological polar surface area (TPSA) is 86.5 Å². The van der Waals surface area contributed by atoms with E-state index in [1.54, 1.807) is 18.3 Å². The van der Waals surface area contributed by atoms with Crippen LogP contribution < -0.4 is 20.5 Å². The lowest BCUT2D eigenvalue weighted by Gasteiger charge is -2.15. The molecule has 0 bridgehead atoms. The molecule has 3 N–H and O–H groups in total. The Morgan fingerprint density at radius 1 is 1.48 bits per heavy atom. The lowest BCUT2D eigenvalue weighted by molar-refractivity contribution is 0.0936. The van der Waals surface area contributed by atoms with Gasteiger partial charge in [0.15, 0.2) is 11.5 Å². The van der Waals surface area contributed by atoms with Gasteiger partial charge in [0.1, 0.15) is 5.01 Å². The minimum absolute atomic E-state index is 0.123. The number of carbonyl (C=O) groups excluding carboxylic acids is 1. The summed E-state index contributed by atoms with van der Waals surface area (Å²) in [5.74, 6) is 0.862. The SMILES string of the molecule is CCC(NC(=O)c1cc2c(cc1N)OCO2)c1nccs1. The van der Waals surface area contributed by atoms with E-state index in [2.05, 4.69) is 10.3 Å². The van der Waals surface area contributed by atoms with Gasteiger partial charge in [0.25, 0.3) is 5.91 Å². The summed E-state index contributed by atoms with van der Waals surface area (Å²) < 4.78 is 10.5. The molecule has 21 heavy (non-hydrogen) atoms. The highest BCUT2D eigenvalue weighted by Crippen LogP contribution is 2.36. The molecule has 2 heterocycles. The highest BCUT2D eigenvalue weighted by atomic mass is 32.1. The van der Waals surface area contributed by atoms with Gasteiger partial charge in [-0.15, -0.1) is 11.3 Å². The highest BCUT2D eigenvalue weighted by Gasteiger charge is 2.22. The number of ether oxygens (including phenoxy) is 2. The number of amides is 1. The molecule has 1 aliphatic rings. The molecule has 0 spiro atoms. The van der Waals surface area contributed by atoms with Gasteiger partial charge in [-0.25, -0.2) is 4.98 Å². The van der Waals surface area contributed by atoms with Crippen molar-refractivity contribution in [1.29, 1.82) is 0 Å². The van der Waals surface area contributed by atoms with Gasteiger partial charge in [-0.05, 0) is 12.5 Å². The van der Waals surface area contributed by atoms with Crippen molar-refractivity contribution < 1.29 is 14.3 Å². The Balaban J connectivity index is 1.82. The summed E-state index contributed by atoms with van der Waals surface area (Å²) >= 11 is 1.52. The fourth-order valence-electron chi connectivity index (χ4n) is 2.14. The van der Waals surface area contributed by atoms with E-state index >= 15 is 0 Å². The highest BCUT2D eigenvalue weighted by molar-refractivity contribution is 7.09. The molecule has 1 amide bonds. The van der Waals surface area contributed by atoms with Gasteiger partial charge in [0, 0.05) is 23.3 Å². The molecule has 1 aliphatic heterocycles. The second-order valence-corrected chi connectivity index (χ2v) is 5.52. The average molecular weight is 305 g/mol. The third-order valence-corrected chi connectivity index (χ3v) is 4.14. The Morgan fingerprint density at radius 3 is 2.90 bits per heavy atom. The zero-order valence-corrected chi connectivity index (χ0v) is 12.3. The van der Waals surface area contributed by atoms with Crippen LogP contribution in [0.25, 0.3) is 0 Å². The fraction of sp³-hybridized carbons (Fsp3) is 0.286. The second-order valence-electron chi connectivity index (χ2n) is 4.60. The van der Waals surface area contributed by atoms with Crippen molar-refractivity contribution in [2.24, 2.45) is 0 Å². The summed E-state index contributed by atoms with van der Waals surface area (Å²) in [7, 11) is 0. The molecule has 3 rings (SSSR count). The van der Waals surface area contributed by atoms with Crippen LogP contribution in [-0.4, -0.2) is 17.7 Å². The largest absolute Gasteiger partial charge is 0.454 e. The van der Waals surface area contributed by atoms with Crippen LogP contribution in [-0.2, 0) is 0 Å². The first-order valence-electron chi connectivity index (χ1n) is 6.58. The number of nitrogens with two attached hydrogens (primary N) is 1. The van der Waals surface area contributed by atoms with Crippen molar-refractivity contribution in [2.45, 2.75) is 19.4 Å². The maximum atomic E-state index is 12.4. The normalized spacial score (nSPS) is 14.0. The van der Waals surface area contributed by atoms with Crippen molar-refractivity contribution in [1.82, 2.24) is 10.3 Å². The van der Waals surface area contributed by atoms with E-state index in [9.17, 15) is 4.79 Å². The van der Waals surface area contributed by atoms with Crippen molar-refractivity contribution in [2.75, 3.05) is 12.5 Å². The van der Waals surface area contributed by atoms with Crippen LogP contribution in [0.1, 0.15) is 34.8 Å². The number of carbonyl (C=O) groups is 1. The minimum atomic E-state index is -0.243. The molecule has 1 aromatic heterocycles. The Morgan fingerprint density at radius 2 is 2.24 bits per heavy atom. The minimum Gasteiger partial charge on any atom is -0.454 e. The number of nitrogens with one attached hydrogen (secondary N) is 1. The zero-order valence-electron chi connectivity index (χ0n) is 11.5. The van der Waals surface area contributed by atoms with Crippen LogP contribution in [0.2, 0.25) is 0 Å². The number of aromatic nitrogens is 1. The Hall–Kier alpha value is -2.28. The predicted molar refractivity (Wildman–Crippen MR) is 79.6 cm³/mol. The van der Waals surface area contributed by atoms with Gasteiger partial charge in [-0.1, -0.05) is 6.92 Å². The molecule has 1 unspecified atom stereocenters. The van der Waals surface area contributed by atoms with E-state index in [4.69, 9.17) is 15.2 Å². The molecule has 1 atom stereocenters. The molecule has 0 saturated heterocycles. The number of hydrogen-bond donors (Lipinski definition) is 2.